The summed E-state index contributed by atoms with van der Waals surface area (Å²) in [6.07, 6.45) is 0.702. The van der Waals surface area contributed by atoms with E-state index in [2.05, 4.69) is 5.32 Å². The van der Waals surface area contributed by atoms with E-state index in [1.54, 1.807) is 34.1 Å². The predicted molar refractivity (Wildman–Crippen MR) is 131 cm³/mol. The molecule has 0 aromatic heterocycles. The van der Waals surface area contributed by atoms with Gasteiger partial charge in [-0.3, -0.25) is 19.3 Å². The molecular formula is C27H32FN3O5. The summed E-state index contributed by atoms with van der Waals surface area (Å²) in [5.41, 5.74) is -0.222. The highest BCUT2D eigenvalue weighted by Crippen LogP contribution is 2.39. The molecule has 0 saturated carbocycles. The van der Waals surface area contributed by atoms with Crippen LogP contribution < -0.4 is 10.1 Å². The smallest absolute Gasteiger partial charge is 0.257 e. The van der Waals surface area contributed by atoms with Crippen LogP contribution in [0.3, 0.4) is 0 Å². The van der Waals surface area contributed by atoms with Crippen molar-refractivity contribution in [3.05, 3.63) is 65.5 Å². The Balaban J connectivity index is 1.57. The van der Waals surface area contributed by atoms with Crippen molar-refractivity contribution < 1.29 is 28.2 Å². The quantitative estimate of drug-likeness (QED) is 0.663. The van der Waals surface area contributed by atoms with Crippen LogP contribution in [-0.2, 0) is 9.53 Å². The lowest BCUT2D eigenvalue weighted by Crippen LogP contribution is -2.60. The number of ether oxygens (including phenoxy) is 2. The zero-order chi connectivity index (χ0) is 25.9. The van der Waals surface area contributed by atoms with Gasteiger partial charge in [0.1, 0.15) is 23.3 Å². The van der Waals surface area contributed by atoms with Gasteiger partial charge >= 0.3 is 0 Å². The molecular weight excluding hydrogens is 465 g/mol. The summed E-state index contributed by atoms with van der Waals surface area (Å²) in [6, 6.07) is 11.5. The SMILES string of the molecule is COc1cccc(C(=O)N2[C@H](C(=O)NCC(C)C)COC23CCN(C(=O)c2ccc(F)cc2)CC3)c1. The van der Waals surface area contributed by atoms with Crippen LogP contribution in [0.1, 0.15) is 47.4 Å². The lowest BCUT2D eigenvalue weighted by atomic mass is 9.96. The summed E-state index contributed by atoms with van der Waals surface area (Å²) in [5.74, 6) is -0.406. The number of rotatable bonds is 6. The first-order valence-electron chi connectivity index (χ1n) is 12.2. The van der Waals surface area contributed by atoms with E-state index in [1.807, 2.05) is 13.8 Å². The van der Waals surface area contributed by atoms with Gasteiger partial charge in [0.25, 0.3) is 11.8 Å². The molecule has 2 aliphatic rings. The number of hydrogen-bond donors (Lipinski definition) is 1. The van der Waals surface area contributed by atoms with Crippen LogP contribution in [0.4, 0.5) is 4.39 Å². The molecule has 8 nitrogen and oxygen atoms in total. The fourth-order valence-electron chi connectivity index (χ4n) is 4.72. The monoisotopic (exact) mass is 497 g/mol. The minimum absolute atomic E-state index is 0.0749. The third-order valence-corrected chi connectivity index (χ3v) is 6.71. The Morgan fingerprint density at radius 2 is 1.78 bits per heavy atom. The van der Waals surface area contributed by atoms with Gasteiger partial charge in [-0.15, -0.1) is 0 Å². The van der Waals surface area contributed by atoms with Crippen molar-refractivity contribution in [2.75, 3.05) is 33.4 Å². The maximum atomic E-state index is 13.8. The average Bonchev–Trinajstić information content (AvgIpc) is 3.25. The Morgan fingerprint density at radius 3 is 2.42 bits per heavy atom. The van der Waals surface area contributed by atoms with Crippen LogP contribution in [-0.4, -0.2) is 72.6 Å². The van der Waals surface area contributed by atoms with Crippen molar-refractivity contribution >= 4 is 17.7 Å². The first kappa shape index (κ1) is 25.6. The fraction of sp³-hybridized carbons (Fsp3) is 0.444. The van der Waals surface area contributed by atoms with E-state index < -0.39 is 17.6 Å². The fourth-order valence-corrected chi connectivity index (χ4v) is 4.72. The zero-order valence-corrected chi connectivity index (χ0v) is 20.8. The van der Waals surface area contributed by atoms with Crippen LogP contribution in [0.5, 0.6) is 5.75 Å². The number of amides is 3. The molecule has 1 spiro atoms. The molecule has 1 N–H and O–H groups in total. The summed E-state index contributed by atoms with van der Waals surface area (Å²) in [7, 11) is 1.53. The number of hydrogen-bond acceptors (Lipinski definition) is 5. The molecule has 2 fully saturated rings. The van der Waals surface area contributed by atoms with Gasteiger partial charge in [-0.25, -0.2) is 4.39 Å². The Bertz CT molecular complexity index is 1110. The molecule has 1 atom stereocenters. The molecule has 192 valence electrons. The number of halogens is 1. The van der Waals surface area contributed by atoms with Crippen molar-refractivity contribution in [3.8, 4) is 5.75 Å². The Kier molecular flexibility index (Phi) is 7.59. The van der Waals surface area contributed by atoms with Crippen LogP contribution in [0, 0.1) is 11.7 Å². The summed E-state index contributed by atoms with van der Waals surface area (Å²) in [4.78, 5) is 43.1. The van der Waals surface area contributed by atoms with Crippen LogP contribution in [0.2, 0.25) is 0 Å². The molecule has 4 rings (SSSR count). The number of nitrogens with one attached hydrogen (secondary N) is 1. The number of piperidine rings is 1. The Morgan fingerprint density at radius 1 is 1.08 bits per heavy atom. The second kappa shape index (κ2) is 10.7. The number of carbonyl (C=O) groups excluding carboxylic acids is 3. The van der Waals surface area contributed by atoms with Gasteiger partial charge in [-0.2, -0.15) is 0 Å². The van der Waals surface area contributed by atoms with Gasteiger partial charge in [-0.1, -0.05) is 19.9 Å². The van der Waals surface area contributed by atoms with Crippen LogP contribution in [0.15, 0.2) is 48.5 Å². The largest absolute Gasteiger partial charge is 0.497 e. The topological polar surface area (TPSA) is 88.2 Å². The van der Waals surface area contributed by atoms with E-state index in [4.69, 9.17) is 9.47 Å². The molecule has 2 heterocycles. The third-order valence-electron chi connectivity index (χ3n) is 6.71. The van der Waals surface area contributed by atoms with Crippen molar-refractivity contribution in [3.63, 3.8) is 0 Å². The highest BCUT2D eigenvalue weighted by molar-refractivity contribution is 5.99. The van der Waals surface area contributed by atoms with E-state index in [0.29, 0.717) is 49.4 Å². The standard InChI is InChI=1S/C27H32FN3O5/c1-18(2)16-29-24(32)23-17-36-27(31(23)26(34)20-5-4-6-22(15-20)35-3)11-13-30(14-12-27)25(33)19-7-9-21(28)10-8-19/h4-10,15,18,23H,11-14,16-17H2,1-3H3,(H,29,32)/t23-/m0/s1. The number of carbonyl (C=O) groups is 3. The molecule has 0 bridgehead atoms. The maximum Gasteiger partial charge on any atom is 0.257 e. The zero-order valence-electron chi connectivity index (χ0n) is 20.8. The van der Waals surface area contributed by atoms with Gasteiger partial charge in [0, 0.05) is 43.6 Å². The number of nitrogens with zero attached hydrogens (tertiary/aromatic N) is 2. The summed E-state index contributed by atoms with van der Waals surface area (Å²) in [5, 5.41) is 2.93. The molecule has 2 aromatic carbocycles. The molecule has 2 aliphatic heterocycles. The van der Waals surface area contributed by atoms with Gasteiger partial charge < -0.3 is 19.7 Å². The molecule has 3 amide bonds. The molecule has 0 radical (unpaired) electrons. The molecule has 0 aliphatic carbocycles. The minimum atomic E-state index is -1.01. The Hall–Kier alpha value is -3.46. The summed E-state index contributed by atoms with van der Waals surface area (Å²) < 4.78 is 24.8. The second-order valence-corrected chi connectivity index (χ2v) is 9.62. The van der Waals surface area contributed by atoms with Crippen LogP contribution in [0.25, 0.3) is 0 Å². The molecule has 9 heteroatoms. The first-order chi connectivity index (χ1) is 17.2. The molecule has 0 unspecified atom stereocenters. The first-order valence-corrected chi connectivity index (χ1v) is 12.2. The van der Waals surface area contributed by atoms with Gasteiger partial charge in [0.05, 0.1) is 13.7 Å². The molecule has 2 aromatic rings. The Labute approximate surface area is 210 Å². The van der Waals surface area contributed by atoms with E-state index in [1.165, 1.54) is 31.4 Å². The predicted octanol–water partition coefficient (Wildman–Crippen LogP) is 3.08. The number of methoxy groups -OCH3 is 1. The average molecular weight is 498 g/mol. The van der Waals surface area contributed by atoms with E-state index in [-0.39, 0.29) is 30.2 Å². The lowest BCUT2D eigenvalue weighted by molar-refractivity contribution is -0.128. The molecule has 2 saturated heterocycles. The highest BCUT2D eigenvalue weighted by atomic mass is 19.1. The van der Waals surface area contributed by atoms with Crippen LogP contribution >= 0.6 is 0 Å². The number of benzene rings is 2. The third kappa shape index (κ3) is 5.21. The van der Waals surface area contributed by atoms with Gasteiger partial charge in [0.2, 0.25) is 5.91 Å². The van der Waals surface area contributed by atoms with Crippen molar-refractivity contribution in [2.24, 2.45) is 5.92 Å². The minimum Gasteiger partial charge on any atom is -0.497 e. The normalized spacial score (nSPS) is 19.0. The highest BCUT2D eigenvalue weighted by Gasteiger charge is 2.54. The van der Waals surface area contributed by atoms with Crippen molar-refractivity contribution in [1.82, 2.24) is 15.1 Å². The second-order valence-electron chi connectivity index (χ2n) is 9.62. The van der Waals surface area contributed by atoms with Gasteiger partial charge in [0.15, 0.2) is 0 Å². The van der Waals surface area contributed by atoms with Crippen molar-refractivity contribution in [2.45, 2.75) is 38.5 Å². The van der Waals surface area contributed by atoms with E-state index in [9.17, 15) is 18.8 Å². The van der Waals surface area contributed by atoms with Crippen molar-refractivity contribution in [1.29, 1.82) is 0 Å². The lowest BCUT2D eigenvalue weighted by Gasteiger charge is -2.44. The van der Waals surface area contributed by atoms with E-state index in [0.717, 1.165) is 0 Å². The molecule has 36 heavy (non-hydrogen) atoms. The summed E-state index contributed by atoms with van der Waals surface area (Å²) in [6.45, 7) is 5.23. The van der Waals surface area contributed by atoms with E-state index >= 15 is 0 Å². The maximum absolute atomic E-state index is 13.8. The summed E-state index contributed by atoms with van der Waals surface area (Å²) >= 11 is 0. The number of likely N-dealkylation sites (tertiary alicyclic amines) is 1. The van der Waals surface area contributed by atoms with Gasteiger partial charge in [-0.05, 0) is 48.4 Å².